The Morgan fingerprint density at radius 2 is 1.94 bits per heavy atom. The molecule has 1 atom stereocenters. The minimum atomic E-state index is -5.20. The lowest BCUT2D eigenvalue weighted by atomic mass is 9.81. The molecule has 2 aromatic rings. The Balaban J connectivity index is 1.62. The first-order valence-corrected chi connectivity index (χ1v) is 9.64. The quantitative estimate of drug-likeness (QED) is 0.676. The molecule has 1 aliphatic heterocycles. The number of esters is 1. The highest BCUT2D eigenvalue weighted by Gasteiger charge is 2.65. The second kappa shape index (κ2) is 7.26. The third-order valence-corrected chi connectivity index (χ3v) is 5.91. The molecule has 0 saturated heterocycles. The number of para-hydroxylation sites is 1. The molecule has 4 rings (SSSR count). The van der Waals surface area contributed by atoms with Gasteiger partial charge in [-0.15, -0.1) is 0 Å². The largest absolute Gasteiger partial charge is 0.496 e. The van der Waals surface area contributed by atoms with Crippen molar-refractivity contribution in [2.45, 2.75) is 43.1 Å². The molecule has 31 heavy (non-hydrogen) atoms. The number of fused-ring (bicyclic) bond motifs is 1. The first kappa shape index (κ1) is 21.2. The standard InChI is InChI=1S/C22H20F3NO5/c1-30-17-5-3-2-4-16(17)20(8-9-20)12-21(29,22(23,24)25)19(28)26-14-6-7-15-13(10-14)11-31-18(15)27/h2-7,10,29H,8-9,11-12H2,1H3,(H,26,28). The van der Waals surface area contributed by atoms with Gasteiger partial charge in [-0.05, 0) is 37.1 Å². The van der Waals surface area contributed by atoms with E-state index in [0.717, 1.165) is 0 Å². The molecule has 1 saturated carbocycles. The molecule has 2 aromatic carbocycles. The second-order valence-electron chi connectivity index (χ2n) is 7.92. The molecule has 1 unspecified atom stereocenters. The number of alkyl halides is 3. The lowest BCUT2D eigenvalue weighted by molar-refractivity contribution is -0.253. The van der Waals surface area contributed by atoms with Crippen LogP contribution < -0.4 is 10.1 Å². The minimum absolute atomic E-state index is 0.0294. The number of benzene rings is 2. The third kappa shape index (κ3) is 3.63. The normalized spacial score (nSPS) is 18.5. The second-order valence-corrected chi connectivity index (χ2v) is 7.92. The molecule has 0 bridgehead atoms. The van der Waals surface area contributed by atoms with Gasteiger partial charge in [-0.3, -0.25) is 4.79 Å². The Morgan fingerprint density at radius 1 is 1.23 bits per heavy atom. The van der Waals surface area contributed by atoms with Crippen LogP contribution in [0.15, 0.2) is 42.5 Å². The van der Waals surface area contributed by atoms with Gasteiger partial charge in [0.05, 0.1) is 12.7 Å². The fourth-order valence-electron chi connectivity index (χ4n) is 4.02. The van der Waals surface area contributed by atoms with E-state index in [1.807, 2.05) is 0 Å². The molecule has 2 N–H and O–H groups in total. The molecule has 6 nitrogen and oxygen atoms in total. The zero-order valence-corrected chi connectivity index (χ0v) is 16.6. The number of rotatable bonds is 6. The first-order chi connectivity index (χ1) is 14.6. The van der Waals surface area contributed by atoms with Gasteiger partial charge < -0.3 is 19.9 Å². The number of methoxy groups -OCH3 is 1. The van der Waals surface area contributed by atoms with Crippen LogP contribution in [0.5, 0.6) is 5.75 Å². The van der Waals surface area contributed by atoms with Crippen LogP contribution in [0.1, 0.15) is 40.7 Å². The molecule has 164 valence electrons. The summed E-state index contributed by atoms with van der Waals surface area (Å²) in [5, 5.41) is 12.8. The maximum Gasteiger partial charge on any atom is 0.426 e. The van der Waals surface area contributed by atoms with E-state index in [0.29, 0.717) is 29.7 Å². The number of hydrogen-bond acceptors (Lipinski definition) is 5. The van der Waals surface area contributed by atoms with E-state index in [9.17, 15) is 27.9 Å². The van der Waals surface area contributed by atoms with Gasteiger partial charge in [0.15, 0.2) is 0 Å². The monoisotopic (exact) mass is 435 g/mol. The Bertz CT molecular complexity index is 1050. The molecular weight excluding hydrogens is 415 g/mol. The van der Waals surface area contributed by atoms with E-state index in [1.54, 1.807) is 24.3 Å². The molecule has 1 heterocycles. The zero-order chi connectivity index (χ0) is 22.4. The lowest BCUT2D eigenvalue weighted by Crippen LogP contribution is -2.56. The summed E-state index contributed by atoms with van der Waals surface area (Å²) in [5.41, 5.74) is -3.33. The van der Waals surface area contributed by atoms with Crippen molar-refractivity contribution >= 4 is 17.6 Å². The number of amides is 1. The van der Waals surface area contributed by atoms with Crippen molar-refractivity contribution in [3.05, 3.63) is 59.2 Å². The van der Waals surface area contributed by atoms with Crippen LogP contribution in [0.25, 0.3) is 0 Å². The summed E-state index contributed by atoms with van der Waals surface area (Å²) < 4.78 is 52.1. The van der Waals surface area contributed by atoms with Crippen molar-refractivity contribution in [3.63, 3.8) is 0 Å². The summed E-state index contributed by atoms with van der Waals surface area (Å²) in [7, 11) is 1.42. The van der Waals surface area contributed by atoms with Gasteiger partial charge in [0, 0.05) is 28.7 Å². The average Bonchev–Trinajstić information content (AvgIpc) is 3.42. The fraction of sp³-hybridized carbons (Fsp3) is 0.364. The van der Waals surface area contributed by atoms with Crippen molar-refractivity contribution in [2.24, 2.45) is 0 Å². The van der Waals surface area contributed by atoms with E-state index in [2.05, 4.69) is 5.32 Å². The van der Waals surface area contributed by atoms with Crippen molar-refractivity contribution in [1.29, 1.82) is 0 Å². The van der Waals surface area contributed by atoms with Crippen LogP contribution in [0.4, 0.5) is 18.9 Å². The van der Waals surface area contributed by atoms with Crippen LogP contribution in [0.2, 0.25) is 0 Å². The molecule has 1 fully saturated rings. The van der Waals surface area contributed by atoms with Gasteiger partial charge in [-0.2, -0.15) is 13.2 Å². The van der Waals surface area contributed by atoms with Crippen molar-refractivity contribution in [1.82, 2.24) is 0 Å². The molecule has 1 amide bonds. The number of anilines is 1. The van der Waals surface area contributed by atoms with Crippen molar-refractivity contribution in [2.75, 3.05) is 12.4 Å². The van der Waals surface area contributed by atoms with Crippen LogP contribution in [-0.4, -0.2) is 35.9 Å². The predicted octanol–water partition coefficient (Wildman–Crippen LogP) is 3.72. The smallest absolute Gasteiger partial charge is 0.426 e. The van der Waals surface area contributed by atoms with Crippen LogP contribution in [-0.2, 0) is 21.6 Å². The highest BCUT2D eigenvalue weighted by molar-refractivity contribution is 5.99. The molecule has 0 aromatic heterocycles. The minimum Gasteiger partial charge on any atom is -0.496 e. The van der Waals surface area contributed by atoms with Crippen molar-refractivity contribution in [3.8, 4) is 5.75 Å². The van der Waals surface area contributed by atoms with Gasteiger partial charge in [0.1, 0.15) is 12.4 Å². The Hall–Kier alpha value is -3.07. The SMILES string of the molecule is COc1ccccc1C1(CC(O)(C(=O)Nc2ccc3c(c2)COC3=O)C(F)(F)F)CC1. The van der Waals surface area contributed by atoms with Crippen LogP contribution >= 0.6 is 0 Å². The molecule has 0 spiro atoms. The van der Waals surface area contributed by atoms with Crippen LogP contribution in [0, 0.1) is 0 Å². The molecule has 2 aliphatic rings. The summed E-state index contributed by atoms with van der Waals surface area (Å²) in [6, 6.07) is 10.7. The lowest BCUT2D eigenvalue weighted by Gasteiger charge is -2.33. The van der Waals surface area contributed by atoms with E-state index in [1.165, 1.54) is 25.3 Å². The van der Waals surface area contributed by atoms with E-state index >= 15 is 0 Å². The fourth-order valence-corrected chi connectivity index (χ4v) is 4.02. The number of carbonyl (C=O) groups is 2. The first-order valence-electron chi connectivity index (χ1n) is 9.64. The summed E-state index contributed by atoms with van der Waals surface area (Å²) in [5.74, 6) is -1.70. The van der Waals surface area contributed by atoms with Gasteiger partial charge in [-0.25, -0.2) is 4.79 Å². The van der Waals surface area contributed by atoms with Crippen molar-refractivity contribution < 1.29 is 37.3 Å². The number of carbonyl (C=O) groups excluding carboxylic acids is 2. The summed E-state index contributed by atoms with van der Waals surface area (Å²) >= 11 is 0. The molecule has 0 radical (unpaired) electrons. The predicted molar refractivity (Wildman–Crippen MR) is 104 cm³/mol. The third-order valence-electron chi connectivity index (χ3n) is 5.91. The highest BCUT2D eigenvalue weighted by Crippen LogP contribution is 2.57. The van der Waals surface area contributed by atoms with E-state index in [-0.39, 0.29) is 17.9 Å². The number of cyclic esters (lactones) is 1. The topological polar surface area (TPSA) is 84.9 Å². The number of hydrogen-bond donors (Lipinski definition) is 2. The molecule has 9 heteroatoms. The summed E-state index contributed by atoms with van der Waals surface area (Å²) in [4.78, 5) is 24.3. The number of aliphatic hydroxyl groups is 1. The number of ether oxygens (including phenoxy) is 2. The maximum absolute atomic E-state index is 14.0. The summed E-state index contributed by atoms with van der Waals surface area (Å²) in [6.07, 6.45) is -5.26. The highest BCUT2D eigenvalue weighted by atomic mass is 19.4. The average molecular weight is 435 g/mol. The van der Waals surface area contributed by atoms with E-state index in [4.69, 9.17) is 9.47 Å². The van der Waals surface area contributed by atoms with Gasteiger partial charge >= 0.3 is 12.1 Å². The van der Waals surface area contributed by atoms with E-state index < -0.39 is 35.5 Å². The number of halogens is 3. The Labute approximate surface area is 176 Å². The van der Waals surface area contributed by atoms with Gasteiger partial charge in [0.25, 0.3) is 5.91 Å². The Morgan fingerprint density at radius 3 is 2.58 bits per heavy atom. The van der Waals surface area contributed by atoms with Crippen LogP contribution in [0.3, 0.4) is 0 Å². The molecular formula is C22H20F3NO5. The molecule has 1 aliphatic carbocycles. The maximum atomic E-state index is 14.0. The summed E-state index contributed by atoms with van der Waals surface area (Å²) in [6.45, 7) is -0.0294. The van der Waals surface area contributed by atoms with Gasteiger partial charge in [-0.1, -0.05) is 18.2 Å². The van der Waals surface area contributed by atoms with Gasteiger partial charge in [0.2, 0.25) is 5.60 Å². The number of nitrogens with one attached hydrogen (secondary N) is 1. The Kier molecular flexibility index (Phi) is 4.96. The zero-order valence-electron chi connectivity index (χ0n) is 16.6.